The molecule has 3 heterocycles. The van der Waals surface area contributed by atoms with E-state index in [1.165, 1.54) is 12.8 Å². The number of hydrogen-bond acceptors (Lipinski definition) is 8. The Bertz CT molecular complexity index is 1320. The zero-order chi connectivity index (χ0) is 28.9. The predicted octanol–water partition coefficient (Wildman–Crippen LogP) is 3.81. The van der Waals surface area contributed by atoms with Crippen molar-refractivity contribution in [1.29, 1.82) is 0 Å². The quantitative estimate of drug-likeness (QED) is 0.494. The minimum absolute atomic E-state index is 0.0367. The number of hydrogen-bond donors (Lipinski definition) is 2. The maximum Gasteiger partial charge on any atom is 0.251 e. The van der Waals surface area contributed by atoms with Gasteiger partial charge in [0, 0.05) is 37.7 Å². The number of carbonyl (C=O) groups is 2. The molecule has 0 radical (unpaired) electrons. The van der Waals surface area contributed by atoms with Gasteiger partial charge in [0.2, 0.25) is 11.9 Å². The van der Waals surface area contributed by atoms with Gasteiger partial charge in [0.05, 0.1) is 24.9 Å². The zero-order valence-corrected chi connectivity index (χ0v) is 24.6. The molecule has 2 N–H and O–H groups in total. The van der Waals surface area contributed by atoms with E-state index in [9.17, 15) is 9.59 Å². The van der Waals surface area contributed by atoms with Crippen molar-refractivity contribution in [2.24, 2.45) is 5.92 Å². The second kappa shape index (κ2) is 12.8. The minimum Gasteiger partial charge on any atom is -0.495 e. The predicted molar refractivity (Wildman–Crippen MR) is 161 cm³/mol. The Labute approximate surface area is 242 Å². The van der Waals surface area contributed by atoms with Crippen molar-refractivity contribution in [2.45, 2.75) is 64.0 Å². The first kappa shape index (κ1) is 28.7. The fourth-order valence-corrected chi connectivity index (χ4v) is 6.06. The summed E-state index contributed by atoms with van der Waals surface area (Å²) >= 11 is 0. The van der Waals surface area contributed by atoms with Crippen molar-refractivity contribution in [3.8, 4) is 17.6 Å². The molecule has 41 heavy (non-hydrogen) atoms. The van der Waals surface area contributed by atoms with Crippen LogP contribution in [0.5, 0.6) is 5.75 Å². The molecule has 1 saturated carbocycles. The van der Waals surface area contributed by atoms with Crippen LogP contribution in [0.25, 0.3) is 0 Å². The van der Waals surface area contributed by atoms with E-state index < -0.39 is 0 Å². The highest BCUT2D eigenvalue weighted by Crippen LogP contribution is 2.38. The van der Waals surface area contributed by atoms with Crippen molar-refractivity contribution >= 4 is 35.0 Å². The first-order chi connectivity index (χ1) is 19.9. The average Bonchev–Trinajstić information content (AvgIpc) is 3.50. The van der Waals surface area contributed by atoms with Gasteiger partial charge >= 0.3 is 0 Å². The number of benzene rings is 1. The van der Waals surface area contributed by atoms with Crippen LogP contribution >= 0.6 is 0 Å². The molecule has 5 rings (SSSR count). The van der Waals surface area contributed by atoms with Crippen molar-refractivity contribution < 1.29 is 14.3 Å². The summed E-state index contributed by atoms with van der Waals surface area (Å²) in [4.78, 5) is 42.1. The van der Waals surface area contributed by atoms with Gasteiger partial charge in [-0.3, -0.25) is 9.59 Å². The molecule has 0 bridgehead atoms. The fraction of sp³-hybridized carbons (Fsp3) is 0.548. The summed E-state index contributed by atoms with van der Waals surface area (Å²) < 4.78 is 5.65. The van der Waals surface area contributed by atoms with Crippen LogP contribution < -0.4 is 25.2 Å². The molecule has 3 aliphatic rings. The van der Waals surface area contributed by atoms with Crippen LogP contribution in [0.4, 0.5) is 23.1 Å². The molecule has 1 atom stereocenters. The van der Waals surface area contributed by atoms with Crippen LogP contribution in [0.1, 0.15) is 62.2 Å². The highest BCUT2D eigenvalue weighted by Gasteiger charge is 2.36. The number of nitrogens with one attached hydrogen (secondary N) is 2. The highest BCUT2D eigenvalue weighted by molar-refractivity contribution is 5.99. The zero-order valence-electron chi connectivity index (χ0n) is 24.6. The second-order valence-corrected chi connectivity index (χ2v) is 11.3. The molecule has 0 unspecified atom stereocenters. The number of aromatic nitrogens is 2. The first-order valence-corrected chi connectivity index (χ1v) is 14.6. The van der Waals surface area contributed by atoms with Gasteiger partial charge in [0.15, 0.2) is 5.82 Å². The van der Waals surface area contributed by atoms with E-state index in [1.807, 2.05) is 6.07 Å². The van der Waals surface area contributed by atoms with Crippen molar-refractivity contribution in [2.75, 3.05) is 56.0 Å². The SMILES string of the molecule is CC#CC[C@@H]1CN(C2CCCC2)c2nc(Nc3ccc(C(=O)NC4CCN(C)CC4)cc3OC)ncc2N(C)C1=O. The Hall–Kier alpha value is -3.84. The van der Waals surface area contributed by atoms with Crippen LogP contribution in [0.3, 0.4) is 0 Å². The molecule has 2 aromatic rings. The first-order valence-electron chi connectivity index (χ1n) is 14.6. The van der Waals surface area contributed by atoms with Gasteiger partial charge in [0.1, 0.15) is 11.4 Å². The lowest BCUT2D eigenvalue weighted by Gasteiger charge is -2.31. The van der Waals surface area contributed by atoms with Crippen LogP contribution in [-0.4, -0.2) is 79.6 Å². The Morgan fingerprint density at radius 3 is 2.61 bits per heavy atom. The molecule has 0 spiro atoms. The lowest BCUT2D eigenvalue weighted by Crippen LogP contribution is -2.43. The van der Waals surface area contributed by atoms with Gasteiger partial charge in [-0.2, -0.15) is 4.98 Å². The topological polar surface area (TPSA) is 103 Å². The van der Waals surface area contributed by atoms with Crippen molar-refractivity contribution in [3.63, 3.8) is 0 Å². The fourth-order valence-electron chi connectivity index (χ4n) is 6.06. The molecule has 1 saturated heterocycles. The Morgan fingerprint density at radius 1 is 1.15 bits per heavy atom. The van der Waals surface area contributed by atoms with Crippen LogP contribution in [0.15, 0.2) is 24.4 Å². The number of carbonyl (C=O) groups excluding carboxylic acids is 2. The number of fused-ring (bicyclic) bond motifs is 1. The van der Waals surface area contributed by atoms with Gasteiger partial charge in [0.25, 0.3) is 5.91 Å². The highest BCUT2D eigenvalue weighted by atomic mass is 16.5. The van der Waals surface area contributed by atoms with E-state index in [4.69, 9.17) is 9.72 Å². The van der Waals surface area contributed by atoms with Gasteiger partial charge in [-0.1, -0.05) is 12.8 Å². The number of methoxy groups -OCH3 is 1. The number of nitrogens with zero attached hydrogens (tertiary/aromatic N) is 5. The number of likely N-dealkylation sites (tertiary alicyclic amines) is 1. The van der Waals surface area contributed by atoms with Crippen LogP contribution in [0, 0.1) is 17.8 Å². The third-order valence-corrected chi connectivity index (χ3v) is 8.54. The third-order valence-electron chi connectivity index (χ3n) is 8.54. The largest absolute Gasteiger partial charge is 0.495 e. The summed E-state index contributed by atoms with van der Waals surface area (Å²) in [5.41, 5.74) is 1.90. The van der Waals surface area contributed by atoms with Crippen LogP contribution in [-0.2, 0) is 4.79 Å². The molecule has 2 aliphatic heterocycles. The molecule has 2 amide bonds. The summed E-state index contributed by atoms with van der Waals surface area (Å²) in [6.07, 6.45) is 8.62. The normalized spacial score (nSPS) is 20.2. The van der Waals surface area contributed by atoms with Gasteiger partial charge in [-0.25, -0.2) is 4.98 Å². The minimum atomic E-state index is -0.230. The number of piperidine rings is 1. The molecule has 1 aromatic carbocycles. The van der Waals surface area contributed by atoms with Gasteiger partial charge in [-0.05, 0) is 70.9 Å². The molecule has 1 aromatic heterocycles. The molecule has 10 nitrogen and oxygen atoms in total. The summed E-state index contributed by atoms with van der Waals surface area (Å²) in [5, 5.41) is 6.45. The Balaban J connectivity index is 1.39. The van der Waals surface area contributed by atoms with E-state index in [-0.39, 0.29) is 23.8 Å². The number of anilines is 4. The standard InChI is InChI=1S/C31H41N7O3/c1-5-6-9-22-20-38(24-10-7-8-11-24)28-26(37(3)30(22)40)19-32-31(35-28)34-25-13-12-21(18-27(25)41-4)29(39)33-23-14-16-36(2)17-15-23/h12-13,18-19,22-24H,7-11,14-17,20H2,1-4H3,(H,33,39)(H,32,34,35)/t22-/m1/s1. The van der Waals surface area contributed by atoms with E-state index in [0.717, 1.165) is 44.6 Å². The van der Waals surface area contributed by atoms with Crippen molar-refractivity contribution in [3.05, 3.63) is 30.0 Å². The summed E-state index contributed by atoms with van der Waals surface area (Å²) in [6, 6.07) is 5.85. The van der Waals surface area contributed by atoms with Gasteiger partial charge < -0.3 is 30.1 Å². The van der Waals surface area contributed by atoms with E-state index >= 15 is 0 Å². The van der Waals surface area contributed by atoms with Crippen molar-refractivity contribution in [1.82, 2.24) is 20.2 Å². The third kappa shape index (κ3) is 6.41. The van der Waals surface area contributed by atoms with E-state index in [1.54, 1.807) is 44.3 Å². The Kier molecular flexibility index (Phi) is 8.93. The molecule has 10 heteroatoms. The second-order valence-electron chi connectivity index (χ2n) is 11.3. The summed E-state index contributed by atoms with van der Waals surface area (Å²) in [7, 11) is 5.48. The number of ether oxygens (including phenoxy) is 1. The number of amides is 2. The molecular formula is C31H41N7O3. The monoisotopic (exact) mass is 559 g/mol. The van der Waals surface area contributed by atoms with E-state index in [0.29, 0.717) is 47.6 Å². The van der Waals surface area contributed by atoms with Crippen LogP contribution in [0.2, 0.25) is 0 Å². The maximum absolute atomic E-state index is 13.4. The Morgan fingerprint density at radius 2 is 1.90 bits per heavy atom. The summed E-state index contributed by atoms with van der Waals surface area (Å²) in [6.45, 7) is 4.35. The summed E-state index contributed by atoms with van der Waals surface area (Å²) in [5.74, 6) is 7.44. The molecule has 218 valence electrons. The lowest BCUT2D eigenvalue weighted by atomic mass is 10.0. The van der Waals surface area contributed by atoms with Gasteiger partial charge in [-0.15, -0.1) is 11.8 Å². The average molecular weight is 560 g/mol. The molecule has 2 fully saturated rings. The molecule has 1 aliphatic carbocycles. The van der Waals surface area contributed by atoms with E-state index in [2.05, 4.69) is 44.3 Å². The smallest absolute Gasteiger partial charge is 0.251 e. The maximum atomic E-state index is 13.4. The number of rotatable bonds is 7. The lowest BCUT2D eigenvalue weighted by molar-refractivity contribution is -0.121. The molecular weight excluding hydrogens is 518 g/mol.